The van der Waals surface area contributed by atoms with Crippen molar-refractivity contribution in [1.82, 2.24) is 5.32 Å². The molecule has 2 saturated heterocycles. The van der Waals surface area contributed by atoms with Crippen LogP contribution < -0.4 is 5.32 Å². The van der Waals surface area contributed by atoms with E-state index in [9.17, 15) is 4.39 Å². The smallest absolute Gasteiger partial charge is 0.124 e. The molecule has 2 nitrogen and oxygen atoms in total. The first kappa shape index (κ1) is 14.3. The lowest BCUT2D eigenvalue weighted by Crippen LogP contribution is -2.42. The molecule has 4 heteroatoms. The molecule has 20 heavy (non-hydrogen) atoms. The number of halogens is 2. The maximum atomic E-state index is 13.1. The maximum Gasteiger partial charge on any atom is 0.124 e. The van der Waals surface area contributed by atoms with E-state index in [4.69, 9.17) is 16.3 Å². The molecule has 0 amide bonds. The van der Waals surface area contributed by atoms with Crippen molar-refractivity contribution in [3.63, 3.8) is 0 Å². The van der Waals surface area contributed by atoms with Crippen LogP contribution in [0, 0.1) is 11.7 Å². The Morgan fingerprint density at radius 1 is 1.45 bits per heavy atom. The van der Waals surface area contributed by atoms with Crippen molar-refractivity contribution in [3.05, 3.63) is 34.6 Å². The van der Waals surface area contributed by atoms with Gasteiger partial charge in [-0.2, -0.15) is 0 Å². The topological polar surface area (TPSA) is 21.3 Å². The molecule has 2 aliphatic heterocycles. The fourth-order valence-corrected chi connectivity index (χ4v) is 3.91. The molecule has 0 spiro atoms. The Balaban J connectivity index is 1.74. The van der Waals surface area contributed by atoms with E-state index in [-0.39, 0.29) is 5.82 Å². The Hall–Kier alpha value is -0.640. The standard InChI is InChI=1S/C16H21ClFNO/c1-2-19-15(13-9-12-5-6-16(13)20-12)7-10-3-4-11(18)8-14(10)17/h3-4,8,12-13,15-16,19H,2,5-7,9H2,1H3. The van der Waals surface area contributed by atoms with Crippen LogP contribution in [0.25, 0.3) is 0 Å². The Kier molecular flexibility index (Phi) is 4.29. The average Bonchev–Trinajstić information content (AvgIpc) is 3.03. The lowest BCUT2D eigenvalue weighted by molar-refractivity contribution is 0.0858. The van der Waals surface area contributed by atoms with Gasteiger partial charge in [0, 0.05) is 17.0 Å². The largest absolute Gasteiger partial charge is 0.375 e. The van der Waals surface area contributed by atoms with Crippen molar-refractivity contribution in [1.29, 1.82) is 0 Å². The van der Waals surface area contributed by atoms with Crippen LogP contribution in [-0.4, -0.2) is 24.8 Å². The van der Waals surface area contributed by atoms with Crippen molar-refractivity contribution < 1.29 is 9.13 Å². The number of hydrogen-bond acceptors (Lipinski definition) is 2. The van der Waals surface area contributed by atoms with Crippen molar-refractivity contribution in [2.24, 2.45) is 5.92 Å². The Bertz CT molecular complexity index is 482. The van der Waals surface area contributed by atoms with Gasteiger partial charge >= 0.3 is 0 Å². The molecule has 1 N–H and O–H groups in total. The van der Waals surface area contributed by atoms with Crippen LogP contribution in [0.3, 0.4) is 0 Å². The third-order valence-electron chi connectivity index (χ3n) is 4.59. The molecule has 110 valence electrons. The lowest BCUT2D eigenvalue weighted by Gasteiger charge is -2.29. The normalized spacial score (nSPS) is 29.9. The van der Waals surface area contributed by atoms with Gasteiger partial charge in [-0.05, 0) is 49.9 Å². The summed E-state index contributed by atoms with van der Waals surface area (Å²) in [6, 6.07) is 5.05. The number of nitrogens with one attached hydrogen (secondary N) is 1. The molecule has 2 heterocycles. The summed E-state index contributed by atoms with van der Waals surface area (Å²) < 4.78 is 19.1. The van der Waals surface area contributed by atoms with Crippen LogP contribution in [-0.2, 0) is 11.2 Å². The fourth-order valence-electron chi connectivity index (χ4n) is 3.66. The van der Waals surface area contributed by atoms with Gasteiger partial charge in [-0.3, -0.25) is 0 Å². The third-order valence-corrected chi connectivity index (χ3v) is 4.94. The summed E-state index contributed by atoms with van der Waals surface area (Å²) in [7, 11) is 0. The molecule has 2 bridgehead atoms. The average molecular weight is 298 g/mol. The van der Waals surface area contributed by atoms with E-state index in [1.54, 1.807) is 6.07 Å². The number of hydrogen-bond donors (Lipinski definition) is 1. The first-order valence-corrected chi connectivity index (χ1v) is 7.88. The van der Waals surface area contributed by atoms with Gasteiger partial charge in [-0.15, -0.1) is 0 Å². The van der Waals surface area contributed by atoms with Crippen molar-refractivity contribution in [3.8, 4) is 0 Å². The van der Waals surface area contributed by atoms with Gasteiger partial charge in [0.1, 0.15) is 5.82 Å². The van der Waals surface area contributed by atoms with E-state index in [1.807, 2.05) is 0 Å². The van der Waals surface area contributed by atoms with Crippen LogP contribution in [0.4, 0.5) is 4.39 Å². The summed E-state index contributed by atoms with van der Waals surface area (Å²) in [4.78, 5) is 0. The highest BCUT2D eigenvalue weighted by molar-refractivity contribution is 6.31. The lowest BCUT2D eigenvalue weighted by atomic mass is 9.81. The maximum absolute atomic E-state index is 13.1. The first-order chi connectivity index (χ1) is 9.67. The minimum Gasteiger partial charge on any atom is -0.375 e. The molecule has 4 atom stereocenters. The summed E-state index contributed by atoms with van der Waals surface area (Å²) in [5, 5.41) is 4.09. The van der Waals surface area contributed by atoms with Crippen LogP contribution in [0.5, 0.6) is 0 Å². The van der Waals surface area contributed by atoms with Gasteiger partial charge in [0.05, 0.1) is 12.2 Å². The quantitative estimate of drug-likeness (QED) is 0.897. The zero-order chi connectivity index (χ0) is 14.1. The van der Waals surface area contributed by atoms with Crippen LogP contribution in [0.2, 0.25) is 5.02 Å². The number of ether oxygens (including phenoxy) is 1. The third kappa shape index (κ3) is 2.85. The summed E-state index contributed by atoms with van der Waals surface area (Å²) in [6.07, 6.45) is 5.20. The SMILES string of the molecule is CCNC(Cc1ccc(F)cc1Cl)C1CC2CCC1O2. The van der Waals surface area contributed by atoms with E-state index >= 15 is 0 Å². The van der Waals surface area contributed by atoms with Crippen LogP contribution in [0.15, 0.2) is 18.2 Å². The Labute approximate surface area is 124 Å². The minimum absolute atomic E-state index is 0.276. The molecular weight excluding hydrogens is 277 g/mol. The molecule has 0 saturated carbocycles. The summed E-state index contributed by atoms with van der Waals surface area (Å²) in [5.74, 6) is 0.275. The number of fused-ring (bicyclic) bond motifs is 2. The molecule has 2 fully saturated rings. The number of rotatable bonds is 5. The van der Waals surface area contributed by atoms with Gasteiger partial charge in [-0.25, -0.2) is 4.39 Å². The second-order valence-electron chi connectivity index (χ2n) is 5.88. The molecule has 2 aliphatic rings. The molecule has 1 aromatic rings. The van der Waals surface area contributed by atoms with Gasteiger partial charge in [0.2, 0.25) is 0 Å². The van der Waals surface area contributed by atoms with Gasteiger partial charge < -0.3 is 10.1 Å². The highest BCUT2D eigenvalue weighted by atomic mass is 35.5. The molecular formula is C16H21ClFNO. The monoisotopic (exact) mass is 297 g/mol. The highest BCUT2D eigenvalue weighted by Crippen LogP contribution is 2.41. The van der Waals surface area contributed by atoms with Gasteiger partial charge in [0.15, 0.2) is 0 Å². The van der Waals surface area contributed by atoms with E-state index in [0.717, 1.165) is 24.9 Å². The zero-order valence-corrected chi connectivity index (χ0v) is 12.5. The molecule has 1 aromatic carbocycles. The molecule has 3 rings (SSSR count). The van der Waals surface area contributed by atoms with Crippen molar-refractivity contribution in [2.75, 3.05) is 6.54 Å². The Morgan fingerprint density at radius 2 is 2.30 bits per heavy atom. The minimum atomic E-state index is -0.276. The molecule has 4 unspecified atom stereocenters. The molecule has 0 aromatic heterocycles. The number of benzene rings is 1. The van der Waals surface area contributed by atoms with Gasteiger partial charge in [-0.1, -0.05) is 24.6 Å². The predicted octanol–water partition coefficient (Wildman–Crippen LogP) is 3.57. The Morgan fingerprint density at radius 3 is 2.90 bits per heavy atom. The fraction of sp³-hybridized carbons (Fsp3) is 0.625. The second-order valence-corrected chi connectivity index (χ2v) is 6.28. The summed E-state index contributed by atoms with van der Waals surface area (Å²) in [6.45, 7) is 3.05. The van der Waals surface area contributed by atoms with E-state index in [0.29, 0.717) is 29.2 Å². The van der Waals surface area contributed by atoms with Gasteiger partial charge in [0.25, 0.3) is 0 Å². The first-order valence-electron chi connectivity index (χ1n) is 7.50. The van der Waals surface area contributed by atoms with Crippen molar-refractivity contribution in [2.45, 2.75) is 50.9 Å². The summed E-state index contributed by atoms with van der Waals surface area (Å²) >= 11 is 6.16. The highest BCUT2D eigenvalue weighted by Gasteiger charge is 2.44. The molecule has 0 aliphatic carbocycles. The van der Waals surface area contributed by atoms with Crippen molar-refractivity contribution >= 4 is 11.6 Å². The van der Waals surface area contributed by atoms with E-state index in [1.165, 1.54) is 25.0 Å². The predicted molar refractivity (Wildman–Crippen MR) is 78.6 cm³/mol. The molecule has 0 radical (unpaired) electrons. The number of likely N-dealkylation sites (N-methyl/N-ethyl adjacent to an activating group) is 1. The summed E-state index contributed by atoms with van der Waals surface area (Å²) in [5.41, 5.74) is 1.02. The zero-order valence-electron chi connectivity index (χ0n) is 11.7. The van der Waals surface area contributed by atoms with E-state index < -0.39 is 0 Å². The van der Waals surface area contributed by atoms with E-state index in [2.05, 4.69) is 12.2 Å². The van der Waals surface area contributed by atoms with Crippen LogP contribution in [0.1, 0.15) is 31.7 Å². The van der Waals surface area contributed by atoms with Crippen LogP contribution >= 0.6 is 11.6 Å². The second kappa shape index (κ2) is 6.00.